The third-order valence-electron chi connectivity index (χ3n) is 3.39. The Morgan fingerprint density at radius 2 is 1.76 bits per heavy atom. The van der Waals surface area contributed by atoms with Gasteiger partial charge in [-0.25, -0.2) is 8.78 Å². The molecule has 0 spiro atoms. The molecule has 0 saturated heterocycles. The van der Waals surface area contributed by atoms with Gasteiger partial charge in [0.2, 0.25) is 0 Å². The van der Waals surface area contributed by atoms with Crippen molar-refractivity contribution in [3.05, 3.63) is 69.7 Å². The molecule has 0 aliphatic carbocycles. The van der Waals surface area contributed by atoms with Crippen molar-refractivity contribution < 1.29 is 8.78 Å². The second-order valence-electron chi connectivity index (χ2n) is 5.00. The lowest BCUT2D eigenvalue weighted by Crippen LogP contribution is -2.33. The molecule has 0 radical (unpaired) electrons. The van der Waals surface area contributed by atoms with E-state index in [4.69, 9.17) is 0 Å². The number of halogens is 3. The van der Waals surface area contributed by atoms with Gasteiger partial charge in [0.05, 0.1) is 4.47 Å². The summed E-state index contributed by atoms with van der Waals surface area (Å²) in [5, 5.41) is 3.40. The van der Waals surface area contributed by atoms with Crippen molar-refractivity contribution in [1.82, 2.24) is 5.32 Å². The Balaban J connectivity index is 2.11. The first-order valence-corrected chi connectivity index (χ1v) is 7.80. The Morgan fingerprint density at radius 3 is 2.43 bits per heavy atom. The average Bonchev–Trinajstić information content (AvgIpc) is 2.46. The van der Waals surface area contributed by atoms with Crippen molar-refractivity contribution in [1.29, 1.82) is 0 Å². The van der Waals surface area contributed by atoms with Gasteiger partial charge in [-0.1, -0.05) is 31.2 Å². The normalized spacial score (nSPS) is 12.4. The summed E-state index contributed by atoms with van der Waals surface area (Å²) in [4.78, 5) is 0. The van der Waals surface area contributed by atoms with Crippen LogP contribution in [0.15, 0.2) is 46.9 Å². The Morgan fingerprint density at radius 1 is 1.05 bits per heavy atom. The summed E-state index contributed by atoms with van der Waals surface area (Å²) in [6.07, 6.45) is 1.49. The second kappa shape index (κ2) is 7.66. The zero-order valence-electron chi connectivity index (χ0n) is 11.9. The van der Waals surface area contributed by atoms with Crippen LogP contribution in [0.25, 0.3) is 0 Å². The van der Waals surface area contributed by atoms with Gasteiger partial charge in [-0.3, -0.25) is 0 Å². The molecule has 2 aromatic carbocycles. The van der Waals surface area contributed by atoms with Gasteiger partial charge in [-0.2, -0.15) is 0 Å². The smallest absolute Gasteiger partial charge is 0.137 e. The van der Waals surface area contributed by atoms with Crippen molar-refractivity contribution in [2.75, 3.05) is 6.54 Å². The standard InChI is InChI=1S/C17H18BrF2N/c1-2-21-15(10-12-6-8-14(19)9-7-12)11-13-4-3-5-16(20)17(13)18/h3-9,15,21H,2,10-11H2,1H3. The van der Waals surface area contributed by atoms with E-state index >= 15 is 0 Å². The quantitative estimate of drug-likeness (QED) is 0.806. The van der Waals surface area contributed by atoms with E-state index in [9.17, 15) is 8.78 Å². The predicted octanol–water partition coefficient (Wildman–Crippen LogP) is 4.49. The first kappa shape index (κ1) is 16.1. The van der Waals surface area contributed by atoms with Gasteiger partial charge in [0, 0.05) is 6.04 Å². The second-order valence-corrected chi connectivity index (χ2v) is 5.80. The minimum atomic E-state index is -0.246. The van der Waals surface area contributed by atoms with Crippen LogP contribution in [0.2, 0.25) is 0 Å². The number of nitrogens with one attached hydrogen (secondary N) is 1. The molecule has 21 heavy (non-hydrogen) atoms. The van der Waals surface area contributed by atoms with Crippen molar-refractivity contribution in [2.45, 2.75) is 25.8 Å². The Hall–Kier alpha value is -1.26. The maximum Gasteiger partial charge on any atom is 0.137 e. The average molecular weight is 354 g/mol. The molecule has 0 saturated carbocycles. The molecular weight excluding hydrogens is 336 g/mol. The van der Waals surface area contributed by atoms with Crippen LogP contribution in [0.1, 0.15) is 18.1 Å². The summed E-state index contributed by atoms with van der Waals surface area (Å²) in [5.74, 6) is -0.476. The fourth-order valence-corrected chi connectivity index (χ4v) is 2.81. The molecule has 1 nitrogen and oxygen atoms in total. The zero-order chi connectivity index (χ0) is 15.2. The van der Waals surface area contributed by atoms with E-state index in [0.29, 0.717) is 10.9 Å². The largest absolute Gasteiger partial charge is 0.314 e. The third kappa shape index (κ3) is 4.61. The number of rotatable bonds is 6. The van der Waals surface area contributed by atoms with Gasteiger partial charge < -0.3 is 5.32 Å². The van der Waals surface area contributed by atoms with Crippen LogP contribution in [-0.2, 0) is 12.8 Å². The van der Waals surface area contributed by atoms with Crippen LogP contribution in [0.4, 0.5) is 8.78 Å². The number of hydrogen-bond donors (Lipinski definition) is 1. The molecule has 0 bridgehead atoms. The van der Waals surface area contributed by atoms with Crippen molar-refractivity contribution in [3.8, 4) is 0 Å². The Labute approximate surface area is 132 Å². The molecule has 2 rings (SSSR count). The lowest BCUT2D eigenvalue weighted by atomic mass is 9.99. The van der Waals surface area contributed by atoms with Crippen LogP contribution < -0.4 is 5.32 Å². The maximum absolute atomic E-state index is 13.6. The van der Waals surface area contributed by atoms with Crippen LogP contribution in [0.5, 0.6) is 0 Å². The van der Waals surface area contributed by atoms with Crippen molar-refractivity contribution in [2.24, 2.45) is 0 Å². The number of benzene rings is 2. The summed E-state index contributed by atoms with van der Waals surface area (Å²) < 4.78 is 27.1. The molecule has 0 aliphatic heterocycles. The van der Waals surface area contributed by atoms with E-state index < -0.39 is 0 Å². The van der Waals surface area contributed by atoms with Gasteiger partial charge in [0.1, 0.15) is 11.6 Å². The highest BCUT2D eigenvalue weighted by Gasteiger charge is 2.13. The topological polar surface area (TPSA) is 12.0 Å². The SMILES string of the molecule is CCNC(Cc1ccc(F)cc1)Cc1cccc(F)c1Br. The molecule has 112 valence electrons. The fourth-order valence-electron chi connectivity index (χ4n) is 2.38. The maximum atomic E-state index is 13.6. The van der Waals surface area contributed by atoms with Crippen molar-refractivity contribution >= 4 is 15.9 Å². The van der Waals surface area contributed by atoms with E-state index in [0.717, 1.165) is 24.1 Å². The molecule has 0 aromatic heterocycles. The first-order chi connectivity index (χ1) is 10.1. The minimum Gasteiger partial charge on any atom is -0.314 e. The highest BCUT2D eigenvalue weighted by Crippen LogP contribution is 2.22. The van der Waals surface area contributed by atoms with Crippen LogP contribution in [-0.4, -0.2) is 12.6 Å². The summed E-state index contributed by atoms with van der Waals surface area (Å²) in [6, 6.07) is 11.8. The summed E-state index contributed by atoms with van der Waals surface area (Å²) in [6.45, 7) is 2.87. The molecule has 0 fully saturated rings. The monoisotopic (exact) mass is 353 g/mol. The van der Waals surface area contributed by atoms with E-state index in [1.54, 1.807) is 18.2 Å². The molecule has 1 unspecified atom stereocenters. The van der Waals surface area contributed by atoms with Crippen LogP contribution in [0.3, 0.4) is 0 Å². The highest BCUT2D eigenvalue weighted by atomic mass is 79.9. The lowest BCUT2D eigenvalue weighted by Gasteiger charge is -2.19. The number of hydrogen-bond acceptors (Lipinski definition) is 1. The van der Waals surface area contributed by atoms with Gasteiger partial charge in [-0.05, 0) is 64.6 Å². The van der Waals surface area contributed by atoms with E-state index in [1.807, 2.05) is 13.0 Å². The van der Waals surface area contributed by atoms with E-state index in [-0.39, 0.29) is 17.7 Å². The molecule has 2 aromatic rings. The molecular formula is C17H18BrF2N. The molecule has 0 heterocycles. The summed E-state index contributed by atoms with van der Waals surface area (Å²) in [7, 11) is 0. The van der Waals surface area contributed by atoms with Crippen LogP contribution in [0, 0.1) is 11.6 Å². The Bertz CT molecular complexity index is 584. The Kier molecular flexibility index (Phi) is 5.88. The minimum absolute atomic E-state index is 0.179. The van der Waals surface area contributed by atoms with Gasteiger partial charge in [0.25, 0.3) is 0 Å². The summed E-state index contributed by atoms with van der Waals surface area (Å²) >= 11 is 3.30. The first-order valence-electron chi connectivity index (χ1n) is 7.01. The zero-order valence-corrected chi connectivity index (χ0v) is 13.5. The van der Waals surface area contributed by atoms with Gasteiger partial charge in [0.15, 0.2) is 0 Å². The van der Waals surface area contributed by atoms with Crippen LogP contribution >= 0.6 is 15.9 Å². The molecule has 1 N–H and O–H groups in total. The predicted molar refractivity (Wildman–Crippen MR) is 85.4 cm³/mol. The lowest BCUT2D eigenvalue weighted by molar-refractivity contribution is 0.517. The number of likely N-dealkylation sites (N-methyl/N-ethyl adjacent to an activating group) is 1. The molecule has 1 atom stereocenters. The fraction of sp³-hybridized carbons (Fsp3) is 0.294. The van der Waals surface area contributed by atoms with Gasteiger partial charge >= 0.3 is 0 Å². The molecule has 4 heteroatoms. The van der Waals surface area contributed by atoms with E-state index in [2.05, 4.69) is 21.2 Å². The molecule has 0 amide bonds. The third-order valence-corrected chi connectivity index (χ3v) is 4.27. The molecule has 0 aliphatic rings. The van der Waals surface area contributed by atoms with Gasteiger partial charge in [-0.15, -0.1) is 0 Å². The highest BCUT2D eigenvalue weighted by molar-refractivity contribution is 9.10. The summed E-state index contributed by atoms with van der Waals surface area (Å²) in [5.41, 5.74) is 2.00. The van der Waals surface area contributed by atoms with E-state index in [1.165, 1.54) is 18.2 Å². The van der Waals surface area contributed by atoms with Crippen molar-refractivity contribution in [3.63, 3.8) is 0 Å².